The Bertz CT molecular complexity index is 759. The molecule has 0 unspecified atom stereocenters. The van der Waals surface area contributed by atoms with E-state index in [0.29, 0.717) is 10.0 Å². The number of aromatic hydroxyl groups is 1. The Morgan fingerprint density at radius 1 is 0.682 bits per heavy atom. The Kier molecular flexibility index (Phi) is 4.23. The molecule has 0 aliphatic rings. The third-order valence-electron chi connectivity index (χ3n) is 3.27. The number of benzene rings is 3. The summed E-state index contributed by atoms with van der Waals surface area (Å²) in [7, 11) is 0. The Hall–Kier alpha value is -2.16. The van der Waals surface area contributed by atoms with Crippen molar-refractivity contribution >= 4 is 40.3 Å². The van der Waals surface area contributed by atoms with E-state index in [1.165, 1.54) is 0 Å². The zero-order valence-corrected chi connectivity index (χ0v) is 13.1. The molecule has 0 amide bonds. The van der Waals surface area contributed by atoms with E-state index in [9.17, 15) is 5.11 Å². The van der Waals surface area contributed by atoms with Crippen LogP contribution in [0.3, 0.4) is 0 Å². The van der Waals surface area contributed by atoms with Gasteiger partial charge >= 0.3 is 0 Å². The van der Waals surface area contributed by atoms with Crippen molar-refractivity contribution < 1.29 is 5.11 Å². The lowest BCUT2D eigenvalue weighted by molar-refractivity contribution is 0.475. The fraction of sp³-hybridized carbons (Fsp3) is 0. The van der Waals surface area contributed by atoms with Gasteiger partial charge in [0.05, 0.1) is 21.4 Å². The Morgan fingerprint density at radius 2 is 1.23 bits per heavy atom. The number of hydrogen-bond acceptors (Lipinski definition) is 2. The van der Waals surface area contributed by atoms with E-state index >= 15 is 0 Å². The first-order chi connectivity index (χ1) is 10.7. The summed E-state index contributed by atoms with van der Waals surface area (Å²) in [4.78, 5) is 1.92. The summed E-state index contributed by atoms with van der Waals surface area (Å²) < 4.78 is 0. The summed E-state index contributed by atoms with van der Waals surface area (Å²) >= 11 is 12.7. The van der Waals surface area contributed by atoms with Gasteiger partial charge in [0, 0.05) is 11.8 Å². The predicted octanol–water partition coefficient (Wildman–Crippen LogP) is 6.17. The van der Waals surface area contributed by atoms with Gasteiger partial charge in [-0.15, -0.1) is 0 Å². The first-order valence-electron chi connectivity index (χ1n) is 6.75. The topological polar surface area (TPSA) is 23.5 Å². The standard InChI is InChI=1S/C18H13Cl2NO/c19-15-8-1-3-10-17(15)21(13-6-5-7-14(22)12-13)18-11-4-2-9-16(18)20/h1-12,22H. The molecular formula is C18H13Cl2NO. The fourth-order valence-electron chi connectivity index (χ4n) is 2.31. The molecule has 0 saturated carbocycles. The molecule has 110 valence electrons. The van der Waals surface area contributed by atoms with Crippen molar-refractivity contribution in [1.29, 1.82) is 0 Å². The molecule has 0 fully saturated rings. The lowest BCUT2D eigenvalue weighted by atomic mass is 10.2. The summed E-state index contributed by atoms with van der Waals surface area (Å²) in [5.74, 6) is 0.182. The zero-order chi connectivity index (χ0) is 15.5. The van der Waals surface area contributed by atoms with Crippen LogP contribution in [-0.2, 0) is 0 Å². The smallest absolute Gasteiger partial charge is 0.117 e. The molecule has 0 bridgehead atoms. The third-order valence-corrected chi connectivity index (χ3v) is 3.91. The van der Waals surface area contributed by atoms with Gasteiger partial charge in [0.1, 0.15) is 5.75 Å². The molecule has 0 radical (unpaired) electrons. The Balaban J connectivity index is 2.24. The molecule has 0 heterocycles. The Morgan fingerprint density at radius 3 is 1.73 bits per heavy atom. The second kappa shape index (κ2) is 6.30. The van der Waals surface area contributed by atoms with Crippen molar-refractivity contribution in [1.82, 2.24) is 0 Å². The minimum Gasteiger partial charge on any atom is -0.508 e. The highest BCUT2D eigenvalue weighted by molar-refractivity contribution is 6.35. The van der Waals surface area contributed by atoms with Gasteiger partial charge in [0.25, 0.3) is 0 Å². The van der Waals surface area contributed by atoms with Crippen LogP contribution in [-0.4, -0.2) is 5.11 Å². The van der Waals surface area contributed by atoms with E-state index in [1.807, 2.05) is 59.5 Å². The second-order valence-electron chi connectivity index (χ2n) is 4.76. The fourth-order valence-corrected chi connectivity index (χ4v) is 2.75. The second-order valence-corrected chi connectivity index (χ2v) is 5.57. The molecule has 2 nitrogen and oxygen atoms in total. The highest BCUT2D eigenvalue weighted by Crippen LogP contribution is 2.42. The summed E-state index contributed by atoms with van der Waals surface area (Å²) in [6.07, 6.45) is 0. The van der Waals surface area contributed by atoms with Crippen LogP contribution in [0, 0.1) is 0 Å². The predicted molar refractivity (Wildman–Crippen MR) is 92.8 cm³/mol. The number of anilines is 3. The van der Waals surface area contributed by atoms with Crippen LogP contribution in [0.4, 0.5) is 17.1 Å². The van der Waals surface area contributed by atoms with E-state index in [4.69, 9.17) is 23.2 Å². The van der Waals surface area contributed by atoms with Gasteiger partial charge in [-0.1, -0.05) is 53.5 Å². The largest absolute Gasteiger partial charge is 0.508 e. The van der Waals surface area contributed by atoms with Crippen molar-refractivity contribution in [2.75, 3.05) is 4.90 Å². The van der Waals surface area contributed by atoms with Gasteiger partial charge in [-0.2, -0.15) is 0 Å². The monoisotopic (exact) mass is 329 g/mol. The summed E-state index contributed by atoms with van der Waals surface area (Å²) in [6, 6.07) is 22.0. The number of rotatable bonds is 3. The van der Waals surface area contributed by atoms with Crippen LogP contribution in [0.1, 0.15) is 0 Å². The van der Waals surface area contributed by atoms with Gasteiger partial charge in [-0.05, 0) is 36.4 Å². The molecule has 22 heavy (non-hydrogen) atoms. The SMILES string of the molecule is Oc1cccc(N(c2ccccc2Cl)c2ccccc2Cl)c1. The van der Waals surface area contributed by atoms with Crippen LogP contribution in [0.25, 0.3) is 0 Å². The molecule has 3 aromatic carbocycles. The van der Waals surface area contributed by atoms with E-state index in [1.54, 1.807) is 18.2 Å². The molecule has 1 N–H and O–H groups in total. The average Bonchev–Trinajstić information content (AvgIpc) is 2.51. The summed E-state index contributed by atoms with van der Waals surface area (Å²) in [6.45, 7) is 0. The first kappa shape index (κ1) is 14.8. The van der Waals surface area contributed by atoms with Crippen molar-refractivity contribution in [3.05, 3.63) is 82.8 Å². The van der Waals surface area contributed by atoms with Gasteiger partial charge in [0.2, 0.25) is 0 Å². The molecule has 0 aliphatic heterocycles. The van der Waals surface area contributed by atoms with Crippen LogP contribution in [0.15, 0.2) is 72.8 Å². The number of para-hydroxylation sites is 2. The number of nitrogens with zero attached hydrogens (tertiary/aromatic N) is 1. The maximum absolute atomic E-state index is 9.80. The molecule has 3 aromatic rings. The lowest BCUT2D eigenvalue weighted by Gasteiger charge is -2.27. The molecule has 0 saturated heterocycles. The van der Waals surface area contributed by atoms with Crippen LogP contribution in [0.5, 0.6) is 5.75 Å². The maximum atomic E-state index is 9.80. The number of hydrogen-bond donors (Lipinski definition) is 1. The highest BCUT2D eigenvalue weighted by Gasteiger charge is 2.17. The van der Waals surface area contributed by atoms with Gasteiger partial charge in [0.15, 0.2) is 0 Å². The summed E-state index contributed by atoms with van der Waals surface area (Å²) in [5.41, 5.74) is 2.37. The zero-order valence-electron chi connectivity index (χ0n) is 11.6. The average molecular weight is 330 g/mol. The summed E-state index contributed by atoms with van der Waals surface area (Å²) in [5, 5.41) is 11.0. The first-order valence-corrected chi connectivity index (χ1v) is 7.50. The Labute approximate surface area is 139 Å². The molecule has 0 aliphatic carbocycles. The van der Waals surface area contributed by atoms with Crippen molar-refractivity contribution in [2.45, 2.75) is 0 Å². The quantitative estimate of drug-likeness (QED) is 0.621. The van der Waals surface area contributed by atoms with E-state index < -0.39 is 0 Å². The van der Waals surface area contributed by atoms with Crippen molar-refractivity contribution in [3.8, 4) is 5.75 Å². The van der Waals surface area contributed by atoms with E-state index in [0.717, 1.165) is 17.1 Å². The molecule has 4 heteroatoms. The van der Waals surface area contributed by atoms with Gasteiger partial charge < -0.3 is 10.0 Å². The molecule has 0 atom stereocenters. The van der Waals surface area contributed by atoms with Crippen LogP contribution in [0.2, 0.25) is 10.0 Å². The van der Waals surface area contributed by atoms with E-state index in [2.05, 4.69) is 0 Å². The van der Waals surface area contributed by atoms with Crippen LogP contribution >= 0.6 is 23.2 Å². The minimum absolute atomic E-state index is 0.182. The molecular weight excluding hydrogens is 317 g/mol. The number of phenols is 1. The van der Waals surface area contributed by atoms with Crippen molar-refractivity contribution in [3.63, 3.8) is 0 Å². The van der Waals surface area contributed by atoms with Crippen molar-refractivity contribution in [2.24, 2.45) is 0 Å². The maximum Gasteiger partial charge on any atom is 0.117 e. The van der Waals surface area contributed by atoms with Gasteiger partial charge in [-0.25, -0.2) is 0 Å². The third kappa shape index (κ3) is 2.89. The molecule has 0 spiro atoms. The lowest BCUT2D eigenvalue weighted by Crippen LogP contribution is -2.10. The van der Waals surface area contributed by atoms with Gasteiger partial charge in [-0.3, -0.25) is 0 Å². The molecule has 3 rings (SSSR count). The number of halogens is 2. The minimum atomic E-state index is 0.182. The van der Waals surface area contributed by atoms with Crippen LogP contribution < -0.4 is 4.90 Å². The molecule has 0 aromatic heterocycles. The normalized spacial score (nSPS) is 10.5. The van der Waals surface area contributed by atoms with E-state index in [-0.39, 0.29) is 5.75 Å². The highest BCUT2D eigenvalue weighted by atomic mass is 35.5. The number of phenolic OH excluding ortho intramolecular Hbond substituents is 1.